The maximum Gasteiger partial charge on any atom is 0.409 e. The molecule has 1 aliphatic rings. The highest BCUT2D eigenvalue weighted by atomic mass is 32.1. The van der Waals surface area contributed by atoms with Gasteiger partial charge in [-0.3, -0.25) is 9.69 Å². The Morgan fingerprint density at radius 1 is 1.05 bits per heavy atom. The highest BCUT2D eigenvalue weighted by molar-refractivity contribution is 7.80. The molecule has 0 bridgehead atoms. The molecular formula is C10H13F6N3OS. The van der Waals surface area contributed by atoms with Crippen LogP contribution in [0.5, 0.6) is 0 Å². The van der Waals surface area contributed by atoms with Crippen molar-refractivity contribution < 1.29 is 31.1 Å². The number of carbonyl (C=O) groups is 1. The molecule has 0 radical (unpaired) electrons. The molecule has 1 saturated heterocycles. The van der Waals surface area contributed by atoms with Gasteiger partial charge in [0.1, 0.15) is 0 Å². The van der Waals surface area contributed by atoms with Crippen molar-refractivity contribution in [2.45, 2.75) is 12.4 Å². The Kier molecular flexibility index (Phi) is 5.42. The van der Waals surface area contributed by atoms with E-state index in [4.69, 9.17) is 5.73 Å². The van der Waals surface area contributed by atoms with E-state index in [1.54, 1.807) is 4.90 Å². The summed E-state index contributed by atoms with van der Waals surface area (Å²) in [6, 6.07) is 0. The first-order valence-electron chi connectivity index (χ1n) is 5.86. The molecule has 4 nitrogen and oxygen atoms in total. The highest BCUT2D eigenvalue weighted by Gasteiger charge is 2.62. The normalized spacial score (nSPS) is 18.1. The van der Waals surface area contributed by atoms with Crippen LogP contribution in [0.25, 0.3) is 0 Å². The third-order valence-corrected chi connectivity index (χ3v) is 3.09. The third-order valence-electron chi connectivity index (χ3n) is 2.97. The summed E-state index contributed by atoms with van der Waals surface area (Å²) in [6.45, 7) is -0.0232. The lowest BCUT2D eigenvalue weighted by molar-refractivity contribution is -0.277. The molecule has 2 N–H and O–H groups in total. The predicted molar refractivity (Wildman–Crippen MR) is 65.4 cm³/mol. The Balaban J connectivity index is 2.73. The van der Waals surface area contributed by atoms with Gasteiger partial charge in [-0.1, -0.05) is 12.2 Å². The number of thiocarbonyl (C=S) groups is 1. The van der Waals surface area contributed by atoms with E-state index in [2.05, 4.69) is 12.2 Å². The lowest BCUT2D eigenvalue weighted by Gasteiger charge is -2.36. The van der Waals surface area contributed by atoms with Crippen molar-refractivity contribution in [2.24, 2.45) is 11.7 Å². The van der Waals surface area contributed by atoms with Crippen molar-refractivity contribution in [3.63, 3.8) is 0 Å². The maximum absolute atomic E-state index is 12.5. The van der Waals surface area contributed by atoms with Gasteiger partial charge in [0.25, 0.3) is 0 Å². The first kappa shape index (κ1) is 18.0. The first-order valence-corrected chi connectivity index (χ1v) is 6.26. The van der Waals surface area contributed by atoms with E-state index >= 15 is 0 Å². The van der Waals surface area contributed by atoms with Crippen LogP contribution in [0.15, 0.2) is 0 Å². The van der Waals surface area contributed by atoms with E-state index in [1.165, 1.54) is 0 Å². The molecule has 0 atom stereocenters. The van der Waals surface area contributed by atoms with Crippen LogP contribution in [-0.2, 0) is 4.79 Å². The number of amides is 1. The minimum Gasteiger partial charge on any atom is -0.392 e. The molecule has 0 spiro atoms. The SMILES string of the molecule is NC(=S)CN1CCN(C(=O)C(C(F)(F)F)C(F)(F)F)CC1. The van der Waals surface area contributed by atoms with E-state index in [1.807, 2.05) is 0 Å². The van der Waals surface area contributed by atoms with Gasteiger partial charge in [0.2, 0.25) is 11.8 Å². The number of rotatable bonds is 3. The van der Waals surface area contributed by atoms with Gasteiger partial charge in [-0.2, -0.15) is 26.3 Å². The summed E-state index contributed by atoms with van der Waals surface area (Å²) in [4.78, 5) is 13.9. The molecule has 1 fully saturated rings. The number of hydrogen-bond acceptors (Lipinski definition) is 3. The van der Waals surface area contributed by atoms with Gasteiger partial charge < -0.3 is 10.6 Å². The topological polar surface area (TPSA) is 49.6 Å². The number of alkyl halides is 6. The molecule has 122 valence electrons. The molecule has 0 aromatic heterocycles. The molecule has 0 aromatic carbocycles. The van der Waals surface area contributed by atoms with E-state index in [-0.39, 0.29) is 37.7 Å². The van der Waals surface area contributed by atoms with E-state index in [9.17, 15) is 31.1 Å². The smallest absolute Gasteiger partial charge is 0.392 e. The highest BCUT2D eigenvalue weighted by Crippen LogP contribution is 2.40. The zero-order valence-corrected chi connectivity index (χ0v) is 11.5. The zero-order chi connectivity index (χ0) is 16.4. The molecule has 1 aliphatic heterocycles. The van der Waals surface area contributed by atoms with Gasteiger partial charge in [0, 0.05) is 32.7 Å². The molecule has 11 heteroatoms. The van der Waals surface area contributed by atoms with Crippen LogP contribution in [0.1, 0.15) is 0 Å². The number of nitrogens with zero attached hydrogens (tertiary/aromatic N) is 2. The second kappa shape index (κ2) is 6.34. The Hall–Kier alpha value is -1.10. The Morgan fingerprint density at radius 2 is 1.48 bits per heavy atom. The fourth-order valence-electron chi connectivity index (χ4n) is 1.99. The molecule has 0 saturated carbocycles. The molecule has 1 amide bonds. The predicted octanol–water partition coefficient (Wildman–Crippen LogP) is 1.16. The average molecular weight is 337 g/mol. The van der Waals surface area contributed by atoms with Crippen LogP contribution in [-0.4, -0.2) is 65.8 Å². The number of nitrogens with two attached hydrogens (primary N) is 1. The summed E-state index contributed by atoms with van der Waals surface area (Å²) in [6.07, 6.45) is -11.3. The molecule has 0 aromatic rings. The molecule has 0 aliphatic carbocycles. The van der Waals surface area contributed by atoms with Gasteiger partial charge in [-0.15, -0.1) is 0 Å². The van der Waals surface area contributed by atoms with Crippen molar-refractivity contribution in [2.75, 3.05) is 32.7 Å². The largest absolute Gasteiger partial charge is 0.409 e. The first-order chi connectivity index (χ1) is 9.43. The summed E-state index contributed by atoms with van der Waals surface area (Å²) in [5.41, 5.74) is 5.29. The van der Waals surface area contributed by atoms with Gasteiger partial charge >= 0.3 is 12.4 Å². The Bertz CT molecular complexity index is 389. The maximum atomic E-state index is 12.5. The van der Waals surface area contributed by atoms with Crippen LogP contribution in [0.3, 0.4) is 0 Å². The quantitative estimate of drug-likeness (QED) is 0.620. The fraction of sp³-hybridized carbons (Fsp3) is 0.800. The van der Waals surface area contributed by atoms with Crippen LogP contribution < -0.4 is 5.73 Å². The third kappa shape index (κ3) is 4.99. The van der Waals surface area contributed by atoms with Gasteiger partial charge in [-0.25, -0.2) is 0 Å². The van der Waals surface area contributed by atoms with Crippen molar-refractivity contribution in [1.29, 1.82) is 0 Å². The number of piperazine rings is 1. The van der Waals surface area contributed by atoms with Crippen LogP contribution in [0.4, 0.5) is 26.3 Å². The molecule has 1 rings (SSSR count). The van der Waals surface area contributed by atoms with Crippen molar-refractivity contribution in [1.82, 2.24) is 9.80 Å². The number of halogens is 6. The minimum atomic E-state index is -5.66. The van der Waals surface area contributed by atoms with Gasteiger partial charge in [-0.05, 0) is 0 Å². The summed E-state index contributed by atoms with van der Waals surface area (Å²) in [7, 11) is 0. The monoisotopic (exact) mass is 337 g/mol. The summed E-state index contributed by atoms with van der Waals surface area (Å²) in [5, 5.41) is 0. The van der Waals surface area contributed by atoms with Crippen molar-refractivity contribution >= 4 is 23.1 Å². The number of hydrogen-bond donors (Lipinski definition) is 1. The second-order valence-corrected chi connectivity index (χ2v) is 5.11. The molecule has 1 heterocycles. The van der Waals surface area contributed by atoms with E-state index < -0.39 is 24.2 Å². The van der Waals surface area contributed by atoms with Crippen molar-refractivity contribution in [3.8, 4) is 0 Å². The van der Waals surface area contributed by atoms with Crippen LogP contribution in [0.2, 0.25) is 0 Å². The zero-order valence-electron chi connectivity index (χ0n) is 10.7. The summed E-state index contributed by atoms with van der Waals surface area (Å²) in [5.74, 6) is -5.95. The van der Waals surface area contributed by atoms with Crippen LogP contribution in [0, 0.1) is 5.92 Å². The molecule has 0 unspecified atom stereocenters. The average Bonchev–Trinajstić information content (AvgIpc) is 2.24. The van der Waals surface area contributed by atoms with E-state index in [0.29, 0.717) is 4.90 Å². The summed E-state index contributed by atoms with van der Waals surface area (Å²) >= 11 is 4.65. The second-order valence-electron chi connectivity index (χ2n) is 4.58. The number of carbonyl (C=O) groups excluding carboxylic acids is 1. The fourth-order valence-corrected chi connectivity index (χ4v) is 2.18. The summed E-state index contributed by atoms with van der Waals surface area (Å²) < 4.78 is 74.8. The van der Waals surface area contributed by atoms with Crippen LogP contribution >= 0.6 is 12.2 Å². The van der Waals surface area contributed by atoms with Gasteiger partial charge in [0.05, 0.1) is 4.99 Å². The lowest BCUT2D eigenvalue weighted by atomic mass is 10.1. The van der Waals surface area contributed by atoms with Gasteiger partial charge in [0.15, 0.2) is 0 Å². The standard InChI is InChI=1S/C10H13F6N3OS/c11-9(12,13)7(10(14,15)16)8(20)19-3-1-18(2-4-19)5-6(17)21/h7H,1-5H2,(H2,17,21). The Labute approximate surface area is 121 Å². The minimum absolute atomic E-state index is 0.117. The van der Waals surface area contributed by atoms with Crippen molar-refractivity contribution in [3.05, 3.63) is 0 Å². The molecule has 21 heavy (non-hydrogen) atoms. The Morgan fingerprint density at radius 3 is 1.81 bits per heavy atom. The lowest BCUT2D eigenvalue weighted by Crippen LogP contribution is -2.56. The van der Waals surface area contributed by atoms with E-state index in [0.717, 1.165) is 0 Å². The molecular weight excluding hydrogens is 324 g/mol.